The summed E-state index contributed by atoms with van der Waals surface area (Å²) in [5, 5.41) is 8.86. The lowest BCUT2D eigenvalue weighted by atomic mass is 10.3. The maximum Gasteiger partial charge on any atom is 0.243 e. The molecular weight excluding hydrogens is 342 g/mol. The highest BCUT2D eigenvalue weighted by atomic mass is 32.2. The number of hydrogen-bond acceptors (Lipinski definition) is 6. The van der Waals surface area contributed by atoms with Gasteiger partial charge in [-0.2, -0.15) is 9.57 Å². The molecule has 0 saturated carbocycles. The largest absolute Gasteiger partial charge is 0.486 e. The molecule has 8 heteroatoms. The minimum atomic E-state index is -3.79. The Labute approximate surface area is 146 Å². The summed E-state index contributed by atoms with van der Waals surface area (Å²) in [6, 6.07) is 10.1. The average molecular weight is 359 g/mol. The molecule has 0 unspecified atom stereocenters. The number of ether oxygens (including phenoxy) is 2. The number of fused-ring (bicyclic) bond motifs is 1. The molecule has 1 aromatic carbocycles. The Kier molecular flexibility index (Phi) is 5.16. The van der Waals surface area contributed by atoms with E-state index in [4.69, 9.17) is 14.7 Å². The van der Waals surface area contributed by atoms with Crippen LogP contribution in [0.25, 0.3) is 0 Å². The third-order valence-electron chi connectivity index (χ3n) is 3.71. The number of sulfonamides is 1. The van der Waals surface area contributed by atoms with E-state index in [1.165, 1.54) is 16.4 Å². The van der Waals surface area contributed by atoms with Crippen LogP contribution in [0, 0.1) is 11.3 Å². The number of pyridine rings is 1. The minimum absolute atomic E-state index is 0.0994. The fourth-order valence-electron chi connectivity index (χ4n) is 2.49. The zero-order chi connectivity index (χ0) is 17.7. The smallest absolute Gasteiger partial charge is 0.243 e. The Hall–Kier alpha value is -2.63. The molecular formula is C17H17N3O4S. The summed E-state index contributed by atoms with van der Waals surface area (Å²) >= 11 is 0. The van der Waals surface area contributed by atoms with E-state index in [9.17, 15) is 8.42 Å². The van der Waals surface area contributed by atoms with Gasteiger partial charge in [-0.25, -0.2) is 8.42 Å². The normalized spacial score (nSPS) is 13.4. The fourth-order valence-corrected chi connectivity index (χ4v) is 3.93. The van der Waals surface area contributed by atoms with Gasteiger partial charge in [-0.15, -0.1) is 0 Å². The zero-order valence-electron chi connectivity index (χ0n) is 13.5. The van der Waals surface area contributed by atoms with Crippen LogP contribution in [0.2, 0.25) is 0 Å². The highest BCUT2D eigenvalue weighted by Crippen LogP contribution is 2.33. The molecule has 0 fully saturated rings. The molecule has 0 spiro atoms. The second-order valence-electron chi connectivity index (χ2n) is 5.41. The van der Waals surface area contributed by atoms with Crippen molar-refractivity contribution in [3.05, 3.63) is 48.3 Å². The quantitative estimate of drug-likeness (QED) is 0.783. The Morgan fingerprint density at radius 3 is 2.72 bits per heavy atom. The standard InChI is InChI=1S/C17H17N3O4S/c18-6-2-8-20(13-14-3-1-7-19-12-14)25(21,22)15-4-5-16-17(11-15)24-10-9-23-16/h1,3-5,7,11-12H,2,8-10,13H2. The van der Waals surface area contributed by atoms with Gasteiger partial charge in [0, 0.05) is 38.0 Å². The van der Waals surface area contributed by atoms with Crippen molar-refractivity contribution in [3.63, 3.8) is 0 Å². The van der Waals surface area contributed by atoms with Crippen molar-refractivity contribution in [2.45, 2.75) is 17.9 Å². The van der Waals surface area contributed by atoms with Crippen LogP contribution in [-0.2, 0) is 16.6 Å². The lowest BCUT2D eigenvalue weighted by Gasteiger charge is -2.23. The summed E-state index contributed by atoms with van der Waals surface area (Å²) in [4.78, 5) is 4.12. The highest BCUT2D eigenvalue weighted by Gasteiger charge is 2.26. The molecule has 130 valence electrons. The SMILES string of the molecule is N#CCCN(Cc1cccnc1)S(=O)(=O)c1ccc2c(c1)OCCO2. The summed E-state index contributed by atoms with van der Waals surface area (Å²) in [6.45, 7) is 1.06. The topological polar surface area (TPSA) is 92.5 Å². The molecule has 1 aliphatic rings. The van der Waals surface area contributed by atoms with Gasteiger partial charge in [0.25, 0.3) is 0 Å². The summed E-state index contributed by atoms with van der Waals surface area (Å²) in [7, 11) is -3.79. The highest BCUT2D eigenvalue weighted by molar-refractivity contribution is 7.89. The summed E-state index contributed by atoms with van der Waals surface area (Å²) < 4.78 is 38.2. The Morgan fingerprint density at radius 2 is 2.00 bits per heavy atom. The van der Waals surface area contributed by atoms with Crippen molar-refractivity contribution in [1.29, 1.82) is 5.26 Å². The zero-order valence-corrected chi connectivity index (χ0v) is 14.3. The van der Waals surface area contributed by atoms with Crippen LogP contribution in [0.1, 0.15) is 12.0 Å². The van der Waals surface area contributed by atoms with Gasteiger partial charge >= 0.3 is 0 Å². The van der Waals surface area contributed by atoms with Crippen LogP contribution in [-0.4, -0.2) is 37.5 Å². The van der Waals surface area contributed by atoms with Crippen molar-refractivity contribution >= 4 is 10.0 Å². The van der Waals surface area contributed by atoms with Gasteiger partial charge in [-0.1, -0.05) is 6.07 Å². The maximum absolute atomic E-state index is 13.0. The first-order chi connectivity index (χ1) is 12.1. The van der Waals surface area contributed by atoms with Crippen LogP contribution < -0.4 is 9.47 Å². The van der Waals surface area contributed by atoms with E-state index in [1.807, 2.05) is 6.07 Å². The predicted molar refractivity (Wildman–Crippen MR) is 89.5 cm³/mol. The number of nitriles is 1. The molecule has 0 aliphatic carbocycles. The first-order valence-electron chi connectivity index (χ1n) is 7.77. The third kappa shape index (κ3) is 3.90. The van der Waals surface area contributed by atoms with Gasteiger partial charge in [0.15, 0.2) is 11.5 Å². The first kappa shape index (κ1) is 17.2. The van der Waals surface area contributed by atoms with E-state index in [0.29, 0.717) is 24.7 Å². The van der Waals surface area contributed by atoms with Gasteiger partial charge in [-0.3, -0.25) is 4.98 Å². The van der Waals surface area contributed by atoms with Crippen molar-refractivity contribution < 1.29 is 17.9 Å². The van der Waals surface area contributed by atoms with Gasteiger partial charge in [0.05, 0.1) is 11.0 Å². The van der Waals surface area contributed by atoms with E-state index >= 15 is 0 Å². The monoisotopic (exact) mass is 359 g/mol. The maximum atomic E-state index is 13.0. The van der Waals surface area contributed by atoms with Crippen LogP contribution in [0.3, 0.4) is 0 Å². The third-order valence-corrected chi connectivity index (χ3v) is 5.55. The number of aromatic nitrogens is 1. The van der Waals surface area contributed by atoms with Crippen LogP contribution in [0.5, 0.6) is 11.5 Å². The van der Waals surface area contributed by atoms with Crippen LogP contribution in [0.4, 0.5) is 0 Å². The minimum Gasteiger partial charge on any atom is -0.486 e. The summed E-state index contributed by atoms with van der Waals surface area (Å²) in [6.07, 6.45) is 3.33. The molecule has 0 saturated heterocycles. The molecule has 2 heterocycles. The van der Waals surface area contributed by atoms with E-state index in [-0.39, 0.29) is 24.4 Å². The molecule has 0 atom stereocenters. The number of hydrogen-bond donors (Lipinski definition) is 0. The second-order valence-corrected chi connectivity index (χ2v) is 7.35. The van der Waals surface area contributed by atoms with Crippen molar-refractivity contribution in [1.82, 2.24) is 9.29 Å². The molecule has 2 aromatic rings. The molecule has 0 N–H and O–H groups in total. The van der Waals surface area contributed by atoms with Crippen LogP contribution in [0.15, 0.2) is 47.6 Å². The van der Waals surface area contributed by atoms with Crippen LogP contribution >= 0.6 is 0 Å². The second kappa shape index (κ2) is 7.51. The Balaban J connectivity index is 1.91. The fraction of sp³-hybridized carbons (Fsp3) is 0.294. The molecule has 0 radical (unpaired) electrons. The molecule has 25 heavy (non-hydrogen) atoms. The molecule has 7 nitrogen and oxygen atoms in total. The number of rotatable bonds is 6. The summed E-state index contributed by atoms with van der Waals surface area (Å²) in [5.74, 6) is 0.940. The van der Waals surface area contributed by atoms with Crippen molar-refractivity contribution in [2.75, 3.05) is 19.8 Å². The Bertz CT molecular complexity index is 879. The molecule has 0 bridgehead atoms. The predicted octanol–water partition coefficient (Wildman–Crippen LogP) is 1.96. The number of benzene rings is 1. The summed E-state index contributed by atoms with van der Waals surface area (Å²) in [5.41, 5.74) is 0.751. The molecule has 0 amide bonds. The first-order valence-corrected chi connectivity index (χ1v) is 9.21. The average Bonchev–Trinajstić information content (AvgIpc) is 2.65. The molecule has 3 rings (SSSR count). The van der Waals surface area contributed by atoms with Gasteiger partial charge in [0.1, 0.15) is 13.2 Å². The Morgan fingerprint density at radius 1 is 1.20 bits per heavy atom. The molecule has 1 aliphatic heterocycles. The lowest BCUT2D eigenvalue weighted by Crippen LogP contribution is -2.31. The molecule has 1 aromatic heterocycles. The van der Waals surface area contributed by atoms with Gasteiger partial charge in [-0.05, 0) is 23.8 Å². The van der Waals surface area contributed by atoms with Crippen molar-refractivity contribution in [3.8, 4) is 17.6 Å². The van der Waals surface area contributed by atoms with E-state index in [0.717, 1.165) is 5.56 Å². The van der Waals surface area contributed by atoms with Gasteiger partial charge < -0.3 is 9.47 Å². The number of nitrogens with zero attached hydrogens (tertiary/aromatic N) is 3. The van der Waals surface area contributed by atoms with Crippen molar-refractivity contribution in [2.24, 2.45) is 0 Å². The van der Waals surface area contributed by atoms with E-state index in [1.54, 1.807) is 30.6 Å². The van der Waals surface area contributed by atoms with Gasteiger partial charge in [0.2, 0.25) is 10.0 Å². The lowest BCUT2D eigenvalue weighted by molar-refractivity contribution is 0.171. The van der Waals surface area contributed by atoms with E-state index < -0.39 is 10.0 Å². The van der Waals surface area contributed by atoms with E-state index in [2.05, 4.69) is 4.98 Å².